The van der Waals surface area contributed by atoms with Crippen molar-refractivity contribution in [1.82, 2.24) is 4.98 Å². The summed E-state index contributed by atoms with van der Waals surface area (Å²) in [5.74, 6) is -0.118. The Morgan fingerprint density at radius 3 is 2.03 bits per heavy atom. The number of pyridine rings is 1. The molecular formula is C28H19N3O7. The van der Waals surface area contributed by atoms with Crippen molar-refractivity contribution in [3.63, 3.8) is 0 Å². The fourth-order valence-electron chi connectivity index (χ4n) is 4.09. The maximum absolute atomic E-state index is 13.3. The van der Waals surface area contributed by atoms with Gasteiger partial charge in [-0.05, 0) is 29.3 Å². The molecule has 0 saturated carbocycles. The number of rotatable bonds is 8. The molecule has 0 amide bonds. The van der Waals surface area contributed by atoms with E-state index in [9.17, 15) is 25.0 Å². The van der Waals surface area contributed by atoms with Crippen LogP contribution in [0.1, 0.15) is 21.5 Å². The lowest BCUT2D eigenvalue weighted by atomic mass is 10.0. The van der Waals surface area contributed by atoms with Gasteiger partial charge in [-0.2, -0.15) is 0 Å². The van der Waals surface area contributed by atoms with E-state index in [0.717, 1.165) is 0 Å². The number of carbonyl (C=O) groups is 1. The summed E-state index contributed by atoms with van der Waals surface area (Å²) in [4.78, 5) is 39.1. The van der Waals surface area contributed by atoms with Gasteiger partial charge in [0.1, 0.15) is 19.0 Å². The van der Waals surface area contributed by atoms with Crippen molar-refractivity contribution in [1.29, 1.82) is 0 Å². The minimum Gasteiger partial charge on any atom is -0.489 e. The largest absolute Gasteiger partial charge is 0.489 e. The number of hydrogen-bond acceptors (Lipinski definition) is 8. The summed E-state index contributed by atoms with van der Waals surface area (Å²) in [5, 5.41) is 23.2. The first-order valence-electron chi connectivity index (χ1n) is 11.5. The third-order valence-corrected chi connectivity index (χ3v) is 5.88. The van der Waals surface area contributed by atoms with Crippen LogP contribution >= 0.6 is 0 Å². The molecule has 5 aromatic rings. The number of hydrogen-bond donors (Lipinski definition) is 0. The molecule has 5 rings (SSSR count). The van der Waals surface area contributed by atoms with Gasteiger partial charge in [-0.25, -0.2) is 9.78 Å². The maximum atomic E-state index is 13.3. The lowest BCUT2D eigenvalue weighted by Gasteiger charge is -2.12. The van der Waals surface area contributed by atoms with Crippen LogP contribution < -0.4 is 4.74 Å². The molecular weight excluding hydrogens is 490 g/mol. The second-order valence-electron chi connectivity index (χ2n) is 8.40. The Morgan fingerprint density at radius 2 is 1.34 bits per heavy atom. The SMILES string of the molecule is O=C(OCc1cccc([N+](=O)[O-])c1)c1c2ccccc2nc2cc(OCc3cccc([N+](=O)[O-])c3)ccc12. The van der Waals surface area contributed by atoms with E-state index in [4.69, 9.17) is 9.47 Å². The molecule has 1 heterocycles. The van der Waals surface area contributed by atoms with Gasteiger partial charge in [0.05, 0.1) is 26.4 Å². The Morgan fingerprint density at radius 1 is 0.711 bits per heavy atom. The Balaban J connectivity index is 1.44. The molecule has 0 N–H and O–H groups in total. The average molecular weight is 509 g/mol. The van der Waals surface area contributed by atoms with Crippen LogP contribution in [0.25, 0.3) is 21.8 Å². The predicted octanol–water partition coefficient (Wildman–Crippen LogP) is 6.14. The quantitative estimate of drug-likeness (QED) is 0.105. The molecule has 0 bridgehead atoms. The minimum absolute atomic E-state index is 0.0222. The highest BCUT2D eigenvalue weighted by Crippen LogP contribution is 2.30. The van der Waals surface area contributed by atoms with Crippen molar-refractivity contribution >= 4 is 39.1 Å². The molecule has 10 heteroatoms. The van der Waals surface area contributed by atoms with Gasteiger partial charge in [-0.15, -0.1) is 0 Å². The van der Waals surface area contributed by atoms with E-state index < -0.39 is 15.8 Å². The number of nitro groups is 2. The number of fused-ring (bicyclic) bond motifs is 2. The van der Waals surface area contributed by atoms with Gasteiger partial charge in [-0.1, -0.05) is 42.5 Å². The molecule has 188 valence electrons. The van der Waals surface area contributed by atoms with E-state index >= 15 is 0 Å². The van der Waals surface area contributed by atoms with Crippen molar-refractivity contribution in [2.45, 2.75) is 13.2 Å². The van der Waals surface area contributed by atoms with Crippen molar-refractivity contribution in [3.05, 3.63) is 128 Å². The smallest absolute Gasteiger partial charge is 0.339 e. The van der Waals surface area contributed by atoms with Crippen LogP contribution in [0.3, 0.4) is 0 Å². The topological polar surface area (TPSA) is 135 Å². The number of ether oxygens (including phenoxy) is 2. The number of carbonyl (C=O) groups excluding carboxylic acids is 1. The molecule has 0 aliphatic carbocycles. The Labute approximate surface area is 215 Å². The lowest BCUT2D eigenvalue weighted by molar-refractivity contribution is -0.385. The highest BCUT2D eigenvalue weighted by molar-refractivity contribution is 6.14. The molecule has 0 atom stereocenters. The highest BCUT2D eigenvalue weighted by Gasteiger charge is 2.19. The van der Waals surface area contributed by atoms with Crippen LogP contribution in [-0.4, -0.2) is 20.8 Å². The standard InChI is InChI=1S/C28H19N3O7/c32-28(38-17-19-6-4-8-21(14-19)31(35)36)27-23-9-1-2-10-25(23)29-26-15-22(11-12-24(26)27)37-16-18-5-3-7-20(13-18)30(33)34/h1-15H,16-17H2. The first kappa shape index (κ1) is 24.3. The fraction of sp³-hybridized carbons (Fsp3) is 0.0714. The van der Waals surface area contributed by atoms with Crippen molar-refractivity contribution in [2.75, 3.05) is 0 Å². The number of non-ortho nitro benzene ring substituents is 2. The van der Waals surface area contributed by atoms with Crippen LogP contribution in [0, 0.1) is 20.2 Å². The highest BCUT2D eigenvalue weighted by atomic mass is 16.6. The number of nitro benzene ring substituents is 2. The maximum Gasteiger partial charge on any atom is 0.339 e. The summed E-state index contributed by atoms with van der Waals surface area (Å²) in [6, 6.07) is 24.3. The Kier molecular flexibility index (Phi) is 6.60. The zero-order valence-corrected chi connectivity index (χ0v) is 19.8. The van der Waals surface area contributed by atoms with E-state index in [-0.39, 0.29) is 24.6 Å². The third-order valence-electron chi connectivity index (χ3n) is 5.88. The first-order valence-corrected chi connectivity index (χ1v) is 11.5. The first-order chi connectivity index (χ1) is 18.4. The van der Waals surface area contributed by atoms with Crippen LogP contribution in [0.2, 0.25) is 0 Å². The summed E-state index contributed by atoms with van der Waals surface area (Å²) in [7, 11) is 0. The second-order valence-corrected chi connectivity index (χ2v) is 8.40. The molecule has 0 fully saturated rings. The van der Waals surface area contributed by atoms with Crippen LogP contribution in [0.15, 0.2) is 91.0 Å². The number of para-hydroxylation sites is 1. The number of benzene rings is 4. The van der Waals surface area contributed by atoms with Gasteiger partial charge in [0.25, 0.3) is 11.4 Å². The monoisotopic (exact) mass is 509 g/mol. The van der Waals surface area contributed by atoms with Crippen LogP contribution in [0.5, 0.6) is 5.75 Å². The molecule has 0 radical (unpaired) electrons. The fourth-order valence-corrected chi connectivity index (χ4v) is 4.09. The van der Waals surface area contributed by atoms with E-state index in [1.807, 2.05) is 6.07 Å². The summed E-state index contributed by atoms with van der Waals surface area (Å²) < 4.78 is 11.4. The zero-order valence-electron chi connectivity index (χ0n) is 19.8. The average Bonchev–Trinajstić information content (AvgIpc) is 2.93. The molecule has 0 aliphatic heterocycles. The number of esters is 1. The third kappa shape index (κ3) is 5.09. The number of aromatic nitrogens is 1. The van der Waals surface area contributed by atoms with Crippen molar-refractivity contribution < 1.29 is 24.1 Å². The molecule has 0 unspecified atom stereocenters. The van der Waals surface area contributed by atoms with Crippen LogP contribution in [0.4, 0.5) is 11.4 Å². The molecule has 38 heavy (non-hydrogen) atoms. The summed E-state index contributed by atoms with van der Waals surface area (Å²) in [5.41, 5.74) is 2.42. The molecule has 4 aromatic carbocycles. The molecule has 0 aliphatic rings. The van der Waals surface area contributed by atoms with Crippen molar-refractivity contribution in [2.24, 2.45) is 0 Å². The Bertz CT molecular complexity index is 1720. The normalized spacial score (nSPS) is 10.8. The molecule has 1 aromatic heterocycles. The molecule has 10 nitrogen and oxygen atoms in total. The summed E-state index contributed by atoms with van der Waals surface area (Å²) >= 11 is 0. The van der Waals surface area contributed by atoms with Crippen LogP contribution in [-0.2, 0) is 18.0 Å². The Hall–Kier alpha value is -5.38. The van der Waals surface area contributed by atoms with Gasteiger partial charge in [0.2, 0.25) is 0 Å². The van der Waals surface area contributed by atoms with Gasteiger partial charge < -0.3 is 9.47 Å². The van der Waals surface area contributed by atoms with E-state index in [1.54, 1.807) is 54.6 Å². The summed E-state index contributed by atoms with van der Waals surface area (Å²) in [6.07, 6.45) is 0. The second kappa shape index (κ2) is 10.3. The molecule has 0 saturated heterocycles. The zero-order chi connectivity index (χ0) is 26.6. The summed E-state index contributed by atoms with van der Waals surface area (Å²) in [6.45, 7) is -0.0259. The number of nitrogens with zero attached hydrogens (tertiary/aromatic N) is 3. The molecule has 0 spiro atoms. The minimum atomic E-state index is -0.592. The van der Waals surface area contributed by atoms with Gasteiger partial charge in [0.15, 0.2) is 0 Å². The van der Waals surface area contributed by atoms with Gasteiger partial charge in [-0.3, -0.25) is 20.2 Å². The van der Waals surface area contributed by atoms with E-state index in [1.165, 1.54) is 30.3 Å². The van der Waals surface area contributed by atoms with E-state index in [0.29, 0.717) is 44.2 Å². The predicted molar refractivity (Wildman–Crippen MR) is 139 cm³/mol. The van der Waals surface area contributed by atoms with Crippen molar-refractivity contribution in [3.8, 4) is 5.75 Å². The lowest BCUT2D eigenvalue weighted by Crippen LogP contribution is -2.08. The van der Waals surface area contributed by atoms with E-state index in [2.05, 4.69) is 4.98 Å². The van der Waals surface area contributed by atoms with Gasteiger partial charge >= 0.3 is 5.97 Å². The van der Waals surface area contributed by atoms with Gasteiger partial charge in [0, 0.05) is 41.1 Å².